The van der Waals surface area contributed by atoms with Crippen LogP contribution in [0.3, 0.4) is 0 Å². The normalized spacial score (nSPS) is 9.70. The highest BCUT2D eigenvalue weighted by Gasteiger charge is 2.13. The van der Waals surface area contributed by atoms with E-state index in [4.69, 9.17) is 4.74 Å². The molecule has 0 aliphatic heterocycles. The molecule has 0 aliphatic carbocycles. The highest BCUT2D eigenvalue weighted by atomic mass is 16.6. The van der Waals surface area contributed by atoms with Gasteiger partial charge in [-0.15, -0.1) is 0 Å². The Labute approximate surface area is 115 Å². The predicted octanol–water partition coefficient (Wildman–Crippen LogP) is 1.70. The minimum Gasteiger partial charge on any atom is -0.495 e. The van der Waals surface area contributed by atoms with Crippen molar-refractivity contribution in [2.45, 2.75) is 13.3 Å². The lowest BCUT2D eigenvalue weighted by atomic mass is 10.2. The van der Waals surface area contributed by atoms with E-state index in [9.17, 15) is 19.7 Å². The lowest BCUT2D eigenvalue weighted by Crippen LogP contribution is -2.30. The number of ketones is 1. The molecule has 8 nitrogen and oxygen atoms in total. The quantitative estimate of drug-likeness (QED) is 0.609. The van der Waals surface area contributed by atoms with Crippen molar-refractivity contribution in [2.24, 2.45) is 0 Å². The molecule has 0 heterocycles. The van der Waals surface area contributed by atoms with Gasteiger partial charge >= 0.3 is 6.03 Å². The van der Waals surface area contributed by atoms with Gasteiger partial charge < -0.3 is 15.4 Å². The van der Waals surface area contributed by atoms with E-state index >= 15 is 0 Å². The SMILES string of the molecule is COc1ccc([N+](=O)[O-])cc1NC(=O)NCCC(C)=O. The van der Waals surface area contributed by atoms with Gasteiger partial charge in [0, 0.05) is 25.1 Å². The zero-order valence-electron chi connectivity index (χ0n) is 11.1. The summed E-state index contributed by atoms with van der Waals surface area (Å²) in [5, 5.41) is 15.6. The Balaban J connectivity index is 2.74. The zero-order chi connectivity index (χ0) is 15.1. The number of hydrogen-bond donors (Lipinski definition) is 2. The highest BCUT2D eigenvalue weighted by Crippen LogP contribution is 2.28. The number of nitro benzene ring substituents is 1. The summed E-state index contributed by atoms with van der Waals surface area (Å²) in [5.41, 5.74) is 0.0202. The highest BCUT2D eigenvalue weighted by molar-refractivity contribution is 5.91. The maximum Gasteiger partial charge on any atom is 0.319 e. The molecule has 0 saturated carbocycles. The minimum atomic E-state index is -0.571. The fourth-order valence-electron chi connectivity index (χ4n) is 1.43. The fourth-order valence-corrected chi connectivity index (χ4v) is 1.43. The summed E-state index contributed by atoms with van der Waals surface area (Å²) < 4.78 is 5.00. The Bertz CT molecular complexity index is 530. The number of hydrogen-bond acceptors (Lipinski definition) is 5. The van der Waals surface area contributed by atoms with Gasteiger partial charge in [-0.1, -0.05) is 0 Å². The second-order valence-electron chi connectivity index (χ2n) is 3.97. The van der Waals surface area contributed by atoms with E-state index in [1.54, 1.807) is 0 Å². The van der Waals surface area contributed by atoms with Gasteiger partial charge in [-0.05, 0) is 13.0 Å². The Morgan fingerprint density at radius 1 is 1.40 bits per heavy atom. The molecule has 1 aromatic rings. The number of carbonyl (C=O) groups excluding carboxylic acids is 2. The van der Waals surface area contributed by atoms with Crippen LogP contribution < -0.4 is 15.4 Å². The van der Waals surface area contributed by atoms with Crippen LogP contribution in [0.2, 0.25) is 0 Å². The predicted molar refractivity (Wildman–Crippen MR) is 72.0 cm³/mol. The van der Waals surface area contributed by atoms with Crippen molar-refractivity contribution in [3.05, 3.63) is 28.3 Å². The third-order valence-electron chi connectivity index (χ3n) is 2.40. The molecule has 20 heavy (non-hydrogen) atoms. The van der Waals surface area contributed by atoms with Crippen LogP contribution in [0.15, 0.2) is 18.2 Å². The third-order valence-corrected chi connectivity index (χ3v) is 2.40. The zero-order valence-corrected chi connectivity index (χ0v) is 11.1. The average molecular weight is 281 g/mol. The molecule has 0 bridgehead atoms. The first-order chi connectivity index (χ1) is 9.43. The minimum absolute atomic E-state index is 0.0433. The summed E-state index contributed by atoms with van der Waals surface area (Å²) in [4.78, 5) is 32.4. The topological polar surface area (TPSA) is 111 Å². The van der Waals surface area contributed by atoms with Crippen LogP contribution in [0.4, 0.5) is 16.2 Å². The van der Waals surface area contributed by atoms with Crippen LogP contribution in [0.1, 0.15) is 13.3 Å². The molecule has 0 fully saturated rings. The Kier molecular flexibility index (Phi) is 5.45. The van der Waals surface area contributed by atoms with Crippen molar-refractivity contribution in [2.75, 3.05) is 19.0 Å². The molecule has 0 aromatic heterocycles. The summed E-state index contributed by atoms with van der Waals surface area (Å²) in [5.74, 6) is 0.260. The molecule has 1 rings (SSSR count). The number of carbonyl (C=O) groups is 2. The second kappa shape index (κ2) is 7.07. The number of non-ortho nitro benzene ring substituents is 1. The van der Waals surface area contributed by atoms with Crippen LogP contribution in [0.5, 0.6) is 5.75 Å². The van der Waals surface area contributed by atoms with Crippen LogP contribution in [-0.2, 0) is 4.79 Å². The van der Waals surface area contributed by atoms with Crippen molar-refractivity contribution < 1.29 is 19.2 Å². The molecular formula is C12H15N3O5. The molecule has 0 spiro atoms. The van der Waals surface area contributed by atoms with Gasteiger partial charge in [-0.3, -0.25) is 14.9 Å². The van der Waals surface area contributed by atoms with E-state index in [1.165, 1.54) is 32.2 Å². The van der Waals surface area contributed by atoms with Gasteiger partial charge in [0.1, 0.15) is 11.5 Å². The molecule has 2 amide bonds. The van der Waals surface area contributed by atoms with E-state index in [0.717, 1.165) is 0 Å². The molecule has 0 saturated heterocycles. The Hall–Kier alpha value is -2.64. The first kappa shape index (κ1) is 15.4. The number of urea groups is 1. The van der Waals surface area contributed by atoms with E-state index in [1.807, 2.05) is 0 Å². The number of nitro groups is 1. The summed E-state index contributed by atoms with van der Waals surface area (Å²) >= 11 is 0. The van der Waals surface area contributed by atoms with Crippen LogP contribution >= 0.6 is 0 Å². The largest absolute Gasteiger partial charge is 0.495 e. The maximum absolute atomic E-state index is 11.6. The lowest BCUT2D eigenvalue weighted by molar-refractivity contribution is -0.384. The molecule has 0 aliphatic rings. The summed E-state index contributed by atoms with van der Waals surface area (Å²) in [6, 6.07) is 3.30. The van der Waals surface area contributed by atoms with Crippen molar-refractivity contribution in [3.63, 3.8) is 0 Å². The van der Waals surface area contributed by atoms with Crippen LogP contribution in [-0.4, -0.2) is 30.4 Å². The fraction of sp³-hybridized carbons (Fsp3) is 0.333. The molecule has 1 aromatic carbocycles. The number of ether oxygens (including phenoxy) is 1. The number of nitrogens with one attached hydrogen (secondary N) is 2. The number of benzene rings is 1. The summed E-state index contributed by atoms with van der Waals surface area (Å²) in [7, 11) is 1.39. The second-order valence-corrected chi connectivity index (χ2v) is 3.97. The van der Waals surface area contributed by atoms with Crippen LogP contribution in [0.25, 0.3) is 0 Å². The van der Waals surface area contributed by atoms with E-state index in [-0.39, 0.29) is 30.1 Å². The van der Waals surface area contributed by atoms with Crippen molar-refractivity contribution >= 4 is 23.2 Å². The summed E-state index contributed by atoms with van der Waals surface area (Å²) in [6.07, 6.45) is 0.222. The smallest absolute Gasteiger partial charge is 0.319 e. The Morgan fingerprint density at radius 3 is 2.65 bits per heavy atom. The van der Waals surface area contributed by atoms with Crippen molar-refractivity contribution in [1.29, 1.82) is 0 Å². The number of anilines is 1. The standard InChI is InChI=1S/C12H15N3O5/c1-8(16)5-6-13-12(17)14-10-7-9(15(18)19)3-4-11(10)20-2/h3-4,7H,5-6H2,1-2H3,(H2,13,14,17). The molecule has 0 unspecified atom stereocenters. The number of amides is 2. The first-order valence-electron chi connectivity index (χ1n) is 5.80. The van der Waals surface area contributed by atoms with Gasteiger partial charge in [0.05, 0.1) is 17.7 Å². The van der Waals surface area contributed by atoms with E-state index < -0.39 is 11.0 Å². The van der Waals surface area contributed by atoms with E-state index in [2.05, 4.69) is 10.6 Å². The number of nitrogens with zero attached hydrogens (tertiary/aromatic N) is 1. The molecule has 0 atom stereocenters. The van der Waals surface area contributed by atoms with E-state index in [0.29, 0.717) is 5.75 Å². The number of methoxy groups -OCH3 is 1. The van der Waals surface area contributed by atoms with Gasteiger partial charge in [0.15, 0.2) is 0 Å². The average Bonchev–Trinajstić information content (AvgIpc) is 2.38. The first-order valence-corrected chi connectivity index (χ1v) is 5.80. The molecular weight excluding hydrogens is 266 g/mol. The van der Waals surface area contributed by atoms with Gasteiger partial charge in [0.2, 0.25) is 0 Å². The van der Waals surface area contributed by atoms with Crippen molar-refractivity contribution in [3.8, 4) is 5.75 Å². The molecule has 0 radical (unpaired) electrons. The van der Waals surface area contributed by atoms with Gasteiger partial charge in [-0.2, -0.15) is 0 Å². The molecule has 108 valence electrons. The summed E-state index contributed by atoms with van der Waals surface area (Å²) in [6.45, 7) is 1.61. The lowest BCUT2D eigenvalue weighted by Gasteiger charge is -2.10. The van der Waals surface area contributed by atoms with Gasteiger partial charge in [-0.25, -0.2) is 4.79 Å². The maximum atomic E-state index is 11.6. The number of Topliss-reactive ketones (excluding diaryl/α,β-unsaturated/α-hetero) is 1. The monoisotopic (exact) mass is 281 g/mol. The third kappa shape index (κ3) is 4.56. The van der Waals surface area contributed by atoms with Gasteiger partial charge in [0.25, 0.3) is 5.69 Å². The Morgan fingerprint density at radius 2 is 2.10 bits per heavy atom. The van der Waals surface area contributed by atoms with Crippen molar-refractivity contribution in [1.82, 2.24) is 5.32 Å². The van der Waals surface area contributed by atoms with Crippen LogP contribution in [0, 0.1) is 10.1 Å². The molecule has 8 heteroatoms. The molecule has 2 N–H and O–H groups in total. The number of rotatable bonds is 6.